The zero-order valence-corrected chi connectivity index (χ0v) is 22.5. The molecule has 0 spiro atoms. The molecule has 34 heavy (non-hydrogen) atoms. The van der Waals surface area contributed by atoms with Gasteiger partial charge in [-0.05, 0) is 90.8 Å². The Labute approximate surface area is 206 Å². The summed E-state index contributed by atoms with van der Waals surface area (Å²) < 4.78 is 0. The van der Waals surface area contributed by atoms with Crippen molar-refractivity contribution < 1.29 is 19.8 Å². The van der Waals surface area contributed by atoms with Gasteiger partial charge in [-0.2, -0.15) is 0 Å². The van der Waals surface area contributed by atoms with E-state index in [1.165, 1.54) is 0 Å². The van der Waals surface area contributed by atoms with Crippen molar-refractivity contribution in [2.75, 3.05) is 0 Å². The minimum Gasteiger partial charge on any atom is -0.515 e. The molecule has 0 amide bonds. The van der Waals surface area contributed by atoms with E-state index in [0.29, 0.717) is 24.2 Å². The fraction of sp³-hybridized carbons (Fsp3) is 0.867. The maximum Gasteiger partial charge on any atom is 0.167 e. The Balaban J connectivity index is 1.60. The average Bonchev–Trinajstić information content (AvgIpc) is 2.74. The number of ketones is 2. The summed E-state index contributed by atoms with van der Waals surface area (Å²) in [5.74, 6) is 0.756. The molecule has 5 aliphatic rings. The Kier molecular flexibility index (Phi) is 5.04. The van der Waals surface area contributed by atoms with E-state index < -0.39 is 11.0 Å². The lowest BCUT2D eigenvalue weighted by molar-refractivity contribution is -0.243. The molecular formula is C30H46O4. The van der Waals surface area contributed by atoms with Crippen molar-refractivity contribution in [3.8, 4) is 0 Å². The number of fused-ring (bicyclic) bond motifs is 7. The van der Waals surface area contributed by atoms with E-state index >= 15 is 0 Å². The van der Waals surface area contributed by atoms with Gasteiger partial charge in [-0.1, -0.05) is 48.5 Å². The van der Waals surface area contributed by atoms with Crippen LogP contribution < -0.4 is 0 Å². The number of carbonyl (C=O) groups is 2. The normalized spacial score (nSPS) is 52.9. The molecule has 0 heterocycles. The van der Waals surface area contributed by atoms with E-state index in [4.69, 9.17) is 0 Å². The first kappa shape index (κ1) is 24.5. The minimum absolute atomic E-state index is 0.0310. The van der Waals surface area contributed by atoms with Crippen molar-refractivity contribution in [2.45, 2.75) is 112 Å². The van der Waals surface area contributed by atoms with Gasteiger partial charge in [0.25, 0.3) is 0 Å². The van der Waals surface area contributed by atoms with Crippen LogP contribution in [-0.4, -0.2) is 27.4 Å². The maximum absolute atomic E-state index is 14.2. The van der Waals surface area contributed by atoms with Gasteiger partial charge in [-0.3, -0.25) is 9.59 Å². The number of rotatable bonds is 0. The molecule has 5 aliphatic carbocycles. The highest BCUT2D eigenvalue weighted by Gasteiger charge is 2.72. The molecule has 8 atom stereocenters. The third-order valence-electron chi connectivity index (χ3n) is 12.7. The predicted molar refractivity (Wildman–Crippen MR) is 133 cm³/mol. The molecule has 0 radical (unpaired) electrons. The molecule has 0 saturated heterocycles. The van der Waals surface area contributed by atoms with Gasteiger partial charge in [0, 0.05) is 23.3 Å². The van der Waals surface area contributed by atoms with Gasteiger partial charge in [-0.15, -0.1) is 0 Å². The summed E-state index contributed by atoms with van der Waals surface area (Å²) in [7, 11) is 0. The summed E-state index contributed by atoms with van der Waals surface area (Å²) in [5, 5.41) is 21.7. The topological polar surface area (TPSA) is 74.6 Å². The molecule has 4 nitrogen and oxygen atoms in total. The number of hydrogen-bond donors (Lipinski definition) is 2. The lowest BCUT2D eigenvalue weighted by atomic mass is 9.32. The minimum atomic E-state index is -0.703. The molecule has 190 valence electrons. The molecular weight excluding hydrogens is 424 g/mol. The summed E-state index contributed by atoms with van der Waals surface area (Å²) in [6, 6.07) is 0. The van der Waals surface area contributed by atoms with Crippen molar-refractivity contribution in [2.24, 2.45) is 50.7 Å². The van der Waals surface area contributed by atoms with Crippen LogP contribution in [0.25, 0.3) is 0 Å². The van der Waals surface area contributed by atoms with Crippen LogP contribution in [0.5, 0.6) is 0 Å². The van der Waals surface area contributed by atoms with E-state index in [1.807, 2.05) is 13.8 Å². The highest BCUT2D eigenvalue weighted by Crippen LogP contribution is 2.75. The lowest BCUT2D eigenvalue weighted by Crippen LogP contribution is -2.70. The molecule has 4 heteroatoms. The lowest BCUT2D eigenvalue weighted by Gasteiger charge is -2.72. The predicted octanol–water partition coefficient (Wildman–Crippen LogP) is 6.41. The van der Waals surface area contributed by atoms with Crippen LogP contribution in [-0.2, 0) is 9.59 Å². The van der Waals surface area contributed by atoms with Crippen molar-refractivity contribution in [3.05, 3.63) is 11.8 Å². The molecule has 0 bridgehead atoms. The number of hydrogen-bond acceptors (Lipinski definition) is 4. The van der Waals surface area contributed by atoms with Crippen molar-refractivity contribution >= 4 is 11.6 Å². The second kappa shape index (κ2) is 6.99. The van der Waals surface area contributed by atoms with Crippen molar-refractivity contribution in [1.82, 2.24) is 0 Å². The Bertz CT molecular complexity index is 961. The van der Waals surface area contributed by atoms with Crippen LogP contribution in [0.15, 0.2) is 11.8 Å². The van der Waals surface area contributed by atoms with Crippen LogP contribution in [0.3, 0.4) is 0 Å². The van der Waals surface area contributed by atoms with Crippen LogP contribution in [0.2, 0.25) is 0 Å². The van der Waals surface area contributed by atoms with E-state index in [9.17, 15) is 19.8 Å². The van der Waals surface area contributed by atoms with Gasteiger partial charge in [0.2, 0.25) is 0 Å². The van der Waals surface area contributed by atoms with Crippen molar-refractivity contribution in [1.29, 1.82) is 0 Å². The molecule has 0 aromatic carbocycles. The number of aliphatic hydroxyl groups is 2. The van der Waals surface area contributed by atoms with E-state index in [1.54, 1.807) is 0 Å². The van der Waals surface area contributed by atoms with E-state index in [-0.39, 0.29) is 51.1 Å². The van der Waals surface area contributed by atoms with E-state index in [0.717, 1.165) is 51.2 Å². The Hall–Kier alpha value is -1.16. The molecule has 2 N–H and O–H groups in total. The van der Waals surface area contributed by atoms with Crippen LogP contribution in [0.1, 0.15) is 106 Å². The maximum atomic E-state index is 14.2. The quantitative estimate of drug-likeness (QED) is 0.317. The smallest absolute Gasteiger partial charge is 0.167 e. The van der Waals surface area contributed by atoms with Gasteiger partial charge in [0.1, 0.15) is 5.78 Å². The monoisotopic (exact) mass is 470 g/mol. The summed E-state index contributed by atoms with van der Waals surface area (Å²) in [6.45, 7) is 15.8. The number of Topliss-reactive ketones (excluding diaryl/α,β-unsaturated/α-hetero) is 2. The highest BCUT2D eigenvalue weighted by molar-refractivity contribution is 6.00. The molecule has 0 aromatic rings. The summed E-state index contributed by atoms with van der Waals surface area (Å²) in [4.78, 5) is 27.4. The molecule has 0 unspecified atom stereocenters. The zero-order chi connectivity index (χ0) is 25.1. The molecule has 5 saturated carbocycles. The Morgan fingerprint density at radius 1 is 0.853 bits per heavy atom. The van der Waals surface area contributed by atoms with Gasteiger partial charge in [0.05, 0.1) is 11.9 Å². The first-order valence-corrected chi connectivity index (χ1v) is 13.7. The third-order valence-corrected chi connectivity index (χ3v) is 12.7. The van der Waals surface area contributed by atoms with Gasteiger partial charge >= 0.3 is 0 Å². The third kappa shape index (κ3) is 2.87. The number of allylic oxidation sites excluding steroid dienone is 1. The molecule has 5 fully saturated rings. The standard InChI is InChI=1S/C30H46O4/c1-25(2)10-12-30(34)13-11-29(7)23(19(30)16-25)20(32)14-22-27(5)15-18(17-31)24(33)26(3,4)21(27)8-9-28(22,29)6/h17,19,21-23,31,34H,8-16H2,1-7H3/t19-,21-,22+,23-,27-,28+,29+,30-/m0/s1. The van der Waals surface area contributed by atoms with Crippen molar-refractivity contribution in [3.63, 3.8) is 0 Å². The SMILES string of the molecule is CC1(C)CC[C@]2(O)CC[C@]3(C)[C@H](C(=O)C[C@@H]4[C@@]5(C)CC(=CO)C(=O)C(C)(C)[C@@H]5CC[C@]43C)[C@@H]2C1. The Morgan fingerprint density at radius 2 is 1.50 bits per heavy atom. The van der Waals surface area contributed by atoms with E-state index in [2.05, 4.69) is 34.6 Å². The average molecular weight is 471 g/mol. The van der Waals surface area contributed by atoms with Crippen LogP contribution in [0, 0.1) is 50.7 Å². The first-order valence-electron chi connectivity index (χ1n) is 13.7. The number of carbonyl (C=O) groups excluding carboxylic acids is 2. The van der Waals surface area contributed by atoms with Gasteiger partial charge in [-0.25, -0.2) is 0 Å². The summed E-state index contributed by atoms with van der Waals surface area (Å²) in [5.41, 5.74) is -0.945. The van der Waals surface area contributed by atoms with Crippen LogP contribution >= 0.6 is 0 Å². The zero-order valence-electron chi connectivity index (χ0n) is 22.5. The second-order valence-electron chi connectivity index (χ2n) is 15.1. The second-order valence-corrected chi connectivity index (χ2v) is 15.1. The van der Waals surface area contributed by atoms with Gasteiger partial charge < -0.3 is 10.2 Å². The molecule has 0 aliphatic heterocycles. The molecule has 0 aromatic heterocycles. The largest absolute Gasteiger partial charge is 0.515 e. The summed E-state index contributed by atoms with van der Waals surface area (Å²) in [6.07, 6.45) is 8.61. The fourth-order valence-corrected chi connectivity index (χ4v) is 10.6. The fourth-order valence-electron chi connectivity index (χ4n) is 10.6. The Morgan fingerprint density at radius 3 is 2.15 bits per heavy atom. The highest BCUT2D eigenvalue weighted by atomic mass is 16.3. The summed E-state index contributed by atoms with van der Waals surface area (Å²) >= 11 is 0. The van der Waals surface area contributed by atoms with Gasteiger partial charge in [0.15, 0.2) is 5.78 Å². The number of aliphatic hydroxyl groups excluding tert-OH is 1. The molecule has 5 rings (SSSR count). The van der Waals surface area contributed by atoms with Crippen LogP contribution in [0.4, 0.5) is 0 Å². The first-order chi connectivity index (χ1) is 15.6.